The summed E-state index contributed by atoms with van der Waals surface area (Å²) in [5.74, 6) is 0. The van der Waals surface area contributed by atoms with Crippen LogP contribution in [0.4, 0.5) is 0 Å². The summed E-state index contributed by atoms with van der Waals surface area (Å²) in [5.41, 5.74) is 8.03. The van der Waals surface area contributed by atoms with Gasteiger partial charge in [-0.1, -0.05) is 48.5 Å². The Morgan fingerprint density at radius 2 is 0.967 bits per heavy atom. The second kappa shape index (κ2) is 7.13. The molecule has 3 heterocycles. The van der Waals surface area contributed by atoms with Crippen LogP contribution >= 0.6 is 0 Å². The van der Waals surface area contributed by atoms with E-state index < -0.39 is 0 Å². The fraction of sp³-hybridized carbons (Fsp3) is 0.231. The van der Waals surface area contributed by atoms with Gasteiger partial charge in [-0.15, -0.1) is 0 Å². The van der Waals surface area contributed by atoms with E-state index in [-0.39, 0.29) is 0 Å². The van der Waals surface area contributed by atoms with Crippen LogP contribution in [-0.4, -0.2) is 9.13 Å². The number of fused-ring (bicyclic) bond motifs is 11. The lowest BCUT2D eigenvalue weighted by Crippen LogP contribution is -2.36. The second-order valence-corrected chi connectivity index (χ2v) is 8.33. The van der Waals surface area contributed by atoms with Crippen LogP contribution in [0.1, 0.15) is 24.0 Å². The van der Waals surface area contributed by atoms with Crippen molar-refractivity contribution in [2.75, 3.05) is 0 Å². The van der Waals surface area contributed by atoms with E-state index in [1.54, 1.807) is 0 Å². The van der Waals surface area contributed by atoms with Gasteiger partial charge < -0.3 is 0 Å². The van der Waals surface area contributed by atoms with E-state index in [0.29, 0.717) is 0 Å². The highest BCUT2D eigenvalue weighted by Crippen LogP contribution is 2.18. The lowest BCUT2D eigenvalue weighted by atomic mass is 10.1. The predicted molar refractivity (Wildman–Crippen MR) is 118 cm³/mol. The van der Waals surface area contributed by atoms with Crippen LogP contribution in [0, 0.1) is 0 Å². The molecule has 30 heavy (non-hydrogen) atoms. The number of nitrogens with zero attached hydrogens (tertiary/aromatic N) is 4. The summed E-state index contributed by atoms with van der Waals surface area (Å²) in [4.78, 5) is 0. The highest BCUT2D eigenvalue weighted by atomic mass is 15.1. The third kappa shape index (κ3) is 2.91. The molecule has 4 nitrogen and oxygen atoms in total. The van der Waals surface area contributed by atoms with Gasteiger partial charge in [0, 0.05) is 11.1 Å². The van der Waals surface area contributed by atoms with E-state index >= 15 is 0 Å². The zero-order chi connectivity index (χ0) is 19.9. The predicted octanol–water partition coefficient (Wildman–Crippen LogP) is 4.06. The minimum atomic E-state index is 0.892. The molecule has 1 aliphatic heterocycles. The average Bonchev–Trinajstić information content (AvgIpc) is 3.31. The number of imidazole rings is 2. The molecular weight excluding hydrogens is 368 g/mol. The van der Waals surface area contributed by atoms with Gasteiger partial charge >= 0.3 is 0 Å². The van der Waals surface area contributed by atoms with Crippen molar-refractivity contribution >= 4 is 22.1 Å². The molecule has 1 aliphatic rings. The summed E-state index contributed by atoms with van der Waals surface area (Å²) in [6.45, 7) is 3.88. The first kappa shape index (κ1) is 17.5. The maximum absolute atomic E-state index is 2.43. The molecular formula is C26H26N4+2. The highest BCUT2D eigenvalue weighted by Gasteiger charge is 2.20. The Morgan fingerprint density at radius 1 is 0.533 bits per heavy atom. The van der Waals surface area contributed by atoms with Crippen molar-refractivity contribution in [2.24, 2.45) is 0 Å². The number of aryl methyl sites for hydroxylation is 2. The van der Waals surface area contributed by atoms with Crippen LogP contribution in [0.2, 0.25) is 0 Å². The molecule has 0 fully saturated rings. The van der Waals surface area contributed by atoms with E-state index in [4.69, 9.17) is 0 Å². The zero-order valence-corrected chi connectivity index (χ0v) is 17.1. The standard InChI is InChI=1S/C26H26N4/c1-2-10-22-18-30-20-28(24-12-4-6-14-26(24)30)16-8-7-15-27-19-29(17-21(22)9-1)25-13-5-3-11-23(25)27/h1-6,9-14,19-20H,7-8,15-18H2/q+2. The molecule has 3 aromatic carbocycles. The van der Waals surface area contributed by atoms with Gasteiger partial charge in [0.05, 0.1) is 13.1 Å². The lowest BCUT2D eigenvalue weighted by Gasteiger charge is -2.07. The largest absolute Gasteiger partial charge is 0.245 e. The Bertz CT molecular complexity index is 1250. The molecule has 0 radical (unpaired) electrons. The van der Waals surface area contributed by atoms with Crippen molar-refractivity contribution in [1.82, 2.24) is 9.13 Å². The van der Waals surface area contributed by atoms with Crippen molar-refractivity contribution in [1.29, 1.82) is 0 Å². The Kier molecular flexibility index (Phi) is 4.15. The summed E-state index contributed by atoms with van der Waals surface area (Å²) in [6, 6.07) is 26.4. The molecule has 6 rings (SSSR count). The summed E-state index contributed by atoms with van der Waals surface area (Å²) in [6.07, 6.45) is 6.95. The number of aromatic nitrogens is 4. The molecule has 0 saturated heterocycles. The summed E-state index contributed by atoms with van der Waals surface area (Å²) < 4.78 is 9.68. The quantitative estimate of drug-likeness (QED) is 0.353. The molecule has 148 valence electrons. The van der Waals surface area contributed by atoms with Gasteiger partial charge in [0.2, 0.25) is 12.7 Å². The highest BCUT2D eigenvalue weighted by molar-refractivity contribution is 5.72. The van der Waals surface area contributed by atoms with Crippen LogP contribution in [0.25, 0.3) is 22.1 Å². The molecule has 4 bridgehead atoms. The van der Waals surface area contributed by atoms with Gasteiger partial charge in [-0.05, 0) is 37.1 Å². The Morgan fingerprint density at radius 3 is 1.47 bits per heavy atom. The Labute approximate surface area is 176 Å². The fourth-order valence-electron chi connectivity index (χ4n) is 4.89. The fourth-order valence-corrected chi connectivity index (χ4v) is 4.89. The first-order valence-electron chi connectivity index (χ1n) is 10.9. The topological polar surface area (TPSA) is 17.6 Å². The molecule has 2 aromatic heterocycles. The van der Waals surface area contributed by atoms with Gasteiger partial charge in [0.15, 0.2) is 22.1 Å². The normalized spacial score (nSPS) is 14.5. The molecule has 0 atom stereocenters. The number of hydrogen-bond donors (Lipinski definition) is 0. The van der Waals surface area contributed by atoms with E-state index in [1.165, 1.54) is 46.0 Å². The van der Waals surface area contributed by atoms with Crippen LogP contribution in [0.5, 0.6) is 0 Å². The Hall–Kier alpha value is -3.40. The third-order valence-corrected chi connectivity index (χ3v) is 6.41. The van der Waals surface area contributed by atoms with Gasteiger partial charge in [-0.2, -0.15) is 0 Å². The van der Waals surface area contributed by atoms with Gasteiger partial charge in [0.25, 0.3) is 0 Å². The number of rotatable bonds is 0. The van der Waals surface area contributed by atoms with Crippen LogP contribution < -0.4 is 9.13 Å². The minimum absolute atomic E-state index is 0.892. The molecule has 0 saturated carbocycles. The zero-order valence-electron chi connectivity index (χ0n) is 17.1. The SMILES string of the molecule is c1ccc2c(c1)C[n+]1cn(c3ccccc31)CCCCn1c[n+](c3ccccc31)C2. The van der Waals surface area contributed by atoms with Crippen LogP contribution in [0.3, 0.4) is 0 Å². The van der Waals surface area contributed by atoms with Crippen LogP contribution in [-0.2, 0) is 26.2 Å². The Balaban J connectivity index is 1.51. The smallest absolute Gasteiger partial charge is 0.230 e. The second-order valence-electron chi connectivity index (χ2n) is 8.33. The van der Waals surface area contributed by atoms with Gasteiger partial charge in [0.1, 0.15) is 13.1 Å². The first-order valence-corrected chi connectivity index (χ1v) is 10.9. The molecule has 0 amide bonds. The van der Waals surface area contributed by atoms with E-state index in [1.807, 2.05) is 0 Å². The molecule has 0 spiro atoms. The third-order valence-electron chi connectivity index (χ3n) is 6.41. The lowest BCUT2D eigenvalue weighted by molar-refractivity contribution is -0.668. The van der Waals surface area contributed by atoms with Gasteiger partial charge in [-0.25, -0.2) is 18.3 Å². The first-order chi connectivity index (χ1) is 14.9. The van der Waals surface area contributed by atoms with Crippen LogP contribution in [0.15, 0.2) is 85.5 Å². The molecule has 5 aromatic rings. The number of hydrogen-bond acceptors (Lipinski definition) is 0. The van der Waals surface area contributed by atoms with Gasteiger partial charge in [-0.3, -0.25) is 0 Å². The molecule has 4 heteroatoms. The summed E-state index contributed by atoms with van der Waals surface area (Å²) >= 11 is 0. The van der Waals surface area contributed by atoms with E-state index in [9.17, 15) is 0 Å². The van der Waals surface area contributed by atoms with Crippen molar-refractivity contribution in [2.45, 2.75) is 39.0 Å². The minimum Gasteiger partial charge on any atom is -0.230 e. The molecule has 0 unspecified atom stereocenters. The van der Waals surface area contributed by atoms with Crippen molar-refractivity contribution in [3.8, 4) is 0 Å². The average molecular weight is 395 g/mol. The van der Waals surface area contributed by atoms with Crippen molar-refractivity contribution in [3.05, 3.63) is 96.6 Å². The number of para-hydroxylation sites is 4. The maximum atomic E-state index is 2.43. The van der Waals surface area contributed by atoms with E-state index in [0.717, 1.165) is 26.2 Å². The summed E-state index contributed by atoms with van der Waals surface area (Å²) in [5, 5.41) is 0. The molecule has 0 N–H and O–H groups in total. The number of benzene rings is 3. The van der Waals surface area contributed by atoms with Crippen molar-refractivity contribution in [3.63, 3.8) is 0 Å². The van der Waals surface area contributed by atoms with Crippen molar-refractivity contribution < 1.29 is 9.13 Å². The molecule has 0 aliphatic carbocycles. The maximum Gasteiger partial charge on any atom is 0.245 e. The van der Waals surface area contributed by atoms with E-state index in [2.05, 4.69) is 104 Å². The summed E-state index contributed by atoms with van der Waals surface area (Å²) in [7, 11) is 0. The monoisotopic (exact) mass is 394 g/mol.